The first-order valence-electron chi connectivity index (χ1n) is 13.8. The van der Waals surface area contributed by atoms with E-state index in [1.807, 2.05) is 22.1 Å². The molecule has 1 aromatic carbocycles. The molecule has 44 heavy (non-hydrogen) atoms. The molecule has 5 heterocycles. The van der Waals surface area contributed by atoms with Crippen molar-refractivity contribution < 1.29 is 23.0 Å². The summed E-state index contributed by atoms with van der Waals surface area (Å²) in [5.74, 6) is 1.10. The van der Waals surface area contributed by atoms with E-state index in [-0.39, 0.29) is 18.8 Å². The van der Waals surface area contributed by atoms with Crippen LogP contribution in [0.1, 0.15) is 40.1 Å². The molecule has 1 saturated heterocycles. The van der Waals surface area contributed by atoms with Gasteiger partial charge in [-0.1, -0.05) is 24.3 Å². The van der Waals surface area contributed by atoms with Gasteiger partial charge >= 0.3 is 6.18 Å². The SMILES string of the molecule is N#Cc1ccc(N2CCN(C(O)c3cncc(OC[C@@H]4c5ccccc5CN4c4cn[nH]c(=O)c4C(F)(F)F)c3)CC2)nc1. The van der Waals surface area contributed by atoms with Crippen LogP contribution in [0.2, 0.25) is 0 Å². The number of hydrogen-bond donors (Lipinski definition) is 2. The number of aromatic amines is 1. The lowest BCUT2D eigenvalue weighted by molar-refractivity contribution is -0.138. The highest BCUT2D eigenvalue weighted by molar-refractivity contribution is 5.58. The van der Waals surface area contributed by atoms with E-state index in [0.717, 1.165) is 23.1 Å². The molecule has 1 unspecified atom stereocenters. The van der Waals surface area contributed by atoms with Crippen molar-refractivity contribution in [3.8, 4) is 11.8 Å². The monoisotopic (exact) mass is 604 g/mol. The lowest BCUT2D eigenvalue weighted by atomic mass is 10.1. The van der Waals surface area contributed by atoms with Crippen molar-refractivity contribution in [3.05, 3.63) is 105 Å². The molecule has 0 aliphatic carbocycles. The number of aromatic nitrogens is 4. The van der Waals surface area contributed by atoms with Gasteiger partial charge in [0.2, 0.25) is 0 Å². The summed E-state index contributed by atoms with van der Waals surface area (Å²) in [6.45, 7) is 2.43. The third-order valence-electron chi connectivity index (χ3n) is 7.86. The van der Waals surface area contributed by atoms with E-state index in [9.17, 15) is 23.1 Å². The Labute approximate surface area is 249 Å². The zero-order valence-corrected chi connectivity index (χ0v) is 23.3. The van der Waals surface area contributed by atoms with Crippen molar-refractivity contribution in [1.29, 1.82) is 5.26 Å². The van der Waals surface area contributed by atoms with Crippen LogP contribution in [0.3, 0.4) is 0 Å². The zero-order valence-electron chi connectivity index (χ0n) is 23.3. The van der Waals surface area contributed by atoms with Gasteiger partial charge in [0.25, 0.3) is 5.56 Å². The van der Waals surface area contributed by atoms with Gasteiger partial charge in [-0.3, -0.25) is 14.7 Å². The molecule has 0 bridgehead atoms. The third-order valence-corrected chi connectivity index (χ3v) is 7.86. The maximum Gasteiger partial charge on any atom is 0.423 e. The second-order valence-corrected chi connectivity index (χ2v) is 10.5. The summed E-state index contributed by atoms with van der Waals surface area (Å²) in [7, 11) is 0. The van der Waals surface area contributed by atoms with Gasteiger partial charge in [-0.05, 0) is 29.3 Å². The van der Waals surface area contributed by atoms with Crippen LogP contribution >= 0.6 is 0 Å². The summed E-state index contributed by atoms with van der Waals surface area (Å²) in [6, 6.07) is 13.8. The van der Waals surface area contributed by atoms with Gasteiger partial charge in [0.05, 0.1) is 29.7 Å². The number of rotatable bonds is 7. The third kappa shape index (κ3) is 5.79. The fourth-order valence-corrected chi connectivity index (χ4v) is 5.65. The number of H-pyrrole nitrogens is 1. The van der Waals surface area contributed by atoms with Gasteiger partial charge in [0, 0.05) is 50.7 Å². The van der Waals surface area contributed by atoms with Crippen LogP contribution in [0.25, 0.3) is 0 Å². The van der Waals surface area contributed by atoms with E-state index in [0.29, 0.717) is 43.1 Å². The largest absolute Gasteiger partial charge is 0.489 e. The lowest BCUT2D eigenvalue weighted by Gasteiger charge is -2.37. The molecule has 0 spiro atoms. The topological polar surface area (TPSA) is 134 Å². The number of fused-ring (bicyclic) bond motifs is 1. The van der Waals surface area contributed by atoms with Crippen molar-refractivity contribution in [2.75, 3.05) is 42.6 Å². The molecule has 11 nitrogen and oxygen atoms in total. The van der Waals surface area contributed by atoms with Crippen molar-refractivity contribution in [2.24, 2.45) is 0 Å². The fraction of sp³-hybridized carbons (Fsp3) is 0.300. The number of nitrogens with zero attached hydrogens (tertiary/aromatic N) is 7. The molecule has 4 aromatic rings. The van der Waals surface area contributed by atoms with E-state index in [1.54, 1.807) is 36.5 Å². The number of nitrogens with one attached hydrogen (secondary N) is 1. The summed E-state index contributed by atoms with van der Waals surface area (Å²) in [5.41, 5.74) is -0.372. The normalized spacial score (nSPS) is 17.7. The molecule has 3 aromatic heterocycles. The van der Waals surface area contributed by atoms with Gasteiger partial charge in [0.15, 0.2) is 0 Å². The van der Waals surface area contributed by atoms with Gasteiger partial charge in [0.1, 0.15) is 36.0 Å². The molecule has 0 amide bonds. The van der Waals surface area contributed by atoms with Crippen LogP contribution in [-0.4, -0.2) is 63.0 Å². The van der Waals surface area contributed by atoms with Crippen LogP contribution < -0.4 is 20.1 Å². The number of nitriles is 1. The van der Waals surface area contributed by atoms with E-state index >= 15 is 0 Å². The summed E-state index contributed by atoms with van der Waals surface area (Å²) in [5, 5.41) is 25.7. The number of piperazine rings is 1. The first kappa shape index (κ1) is 29.1. The van der Waals surface area contributed by atoms with E-state index < -0.39 is 29.6 Å². The van der Waals surface area contributed by atoms with Crippen LogP contribution in [0.4, 0.5) is 24.7 Å². The molecule has 0 radical (unpaired) electrons. The second-order valence-electron chi connectivity index (χ2n) is 10.5. The highest BCUT2D eigenvalue weighted by Crippen LogP contribution is 2.42. The van der Waals surface area contributed by atoms with E-state index in [1.165, 1.54) is 17.3 Å². The molecule has 0 saturated carbocycles. The number of pyridine rings is 2. The minimum atomic E-state index is -4.88. The molecule has 2 atom stereocenters. The number of halogens is 3. The van der Waals surface area contributed by atoms with Gasteiger partial charge < -0.3 is 19.6 Å². The lowest BCUT2D eigenvalue weighted by Crippen LogP contribution is -2.48. The summed E-state index contributed by atoms with van der Waals surface area (Å²) in [4.78, 5) is 26.2. The Balaban J connectivity index is 1.16. The molecule has 1 fully saturated rings. The van der Waals surface area contributed by atoms with Gasteiger partial charge in [-0.15, -0.1) is 0 Å². The number of anilines is 2. The molecular weight excluding hydrogens is 577 g/mol. The first-order valence-corrected chi connectivity index (χ1v) is 13.8. The summed E-state index contributed by atoms with van der Waals surface area (Å²) in [6.07, 6.45) is -0.277. The summed E-state index contributed by atoms with van der Waals surface area (Å²) < 4.78 is 47.8. The van der Waals surface area contributed by atoms with Crippen molar-refractivity contribution >= 4 is 11.5 Å². The Morgan fingerprint density at radius 1 is 1.09 bits per heavy atom. The van der Waals surface area contributed by atoms with Gasteiger partial charge in [-0.2, -0.15) is 23.5 Å². The number of benzene rings is 1. The Hall–Kier alpha value is -5.00. The van der Waals surface area contributed by atoms with E-state index in [4.69, 9.17) is 10.00 Å². The second kappa shape index (κ2) is 11.9. The average molecular weight is 605 g/mol. The Morgan fingerprint density at radius 3 is 2.61 bits per heavy atom. The van der Waals surface area contributed by atoms with Crippen molar-refractivity contribution in [3.63, 3.8) is 0 Å². The number of ether oxygens (including phenoxy) is 1. The average Bonchev–Trinajstić information content (AvgIpc) is 3.41. The molecule has 226 valence electrons. The summed E-state index contributed by atoms with van der Waals surface area (Å²) >= 11 is 0. The number of aliphatic hydroxyl groups excluding tert-OH is 1. The number of aliphatic hydroxyl groups is 1. The highest BCUT2D eigenvalue weighted by atomic mass is 19.4. The standard InChI is InChI=1S/C30H27F3N8O3/c31-30(32,33)27-24(16-37-38-28(27)42)41-17-20-3-1-2-4-23(20)25(41)18-44-22-11-21(14-35-15-22)29(43)40-9-7-39(8-10-40)26-6-5-19(12-34)13-36-26/h1-6,11,13-16,25,29,43H,7-10,17-18H2,(H,38,42)/t25-,29?/m1/s1. The van der Waals surface area contributed by atoms with Crippen LogP contribution in [-0.2, 0) is 12.7 Å². The number of hydrogen-bond acceptors (Lipinski definition) is 10. The molecular formula is C30H27F3N8O3. The van der Waals surface area contributed by atoms with Crippen LogP contribution in [0, 0.1) is 11.3 Å². The van der Waals surface area contributed by atoms with Gasteiger partial charge in [-0.25, -0.2) is 10.1 Å². The predicted molar refractivity (Wildman–Crippen MR) is 153 cm³/mol. The molecule has 2 aliphatic heterocycles. The zero-order chi connectivity index (χ0) is 30.8. The fourth-order valence-electron chi connectivity index (χ4n) is 5.65. The highest BCUT2D eigenvalue weighted by Gasteiger charge is 2.42. The molecule has 6 rings (SSSR count). The minimum absolute atomic E-state index is 0.0431. The Morgan fingerprint density at radius 2 is 1.89 bits per heavy atom. The number of alkyl halides is 3. The van der Waals surface area contributed by atoms with Crippen LogP contribution in [0.15, 0.2) is 72.0 Å². The maximum atomic E-state index is 13.9. The Kier molecular flexibility index (Phi) is 7.90. The maximum absolute atomic E-state index is 13.9. The minimum Gasteiger partial charge on any atom is -0.489 e. The molecule has 2 aliphatic rings. The van der Waals surface area contributed by atoms with Crippen molar-refractivity contribution in [1.82, 2.24) is 25.1 Å². The molecule has 14 heteroatoms. The predicted octanol–water partition coefficient (Wildman–Crippen LogP) is 3.40. The molecule has 2 N–H and O–H groups in total. The van der Waals surface area contributed by atoms with E-state index in [2.05, 4.69) is 26.0 Å². The quantitative estimate of drug-likeness (QED) is 0.323. The Bertz CT molecular complexity index is 1730. The smallest absolute Gasteiger partial charge is 0.423 e. The van der Waals surface area contributed by atoms with Crippen molar-refractivity contribution in [2.45, 2.75) is 25.0 Å². The first-order chi connectivity index (χ1) is 21.2. The van der Waals surface area contributed by atoms with Crippen LogP contribution in [0.5, 0.6) is 5.75 Å².